The molecular formula is C28H26F4N2O4. The van der Waals surface area contributed by atoms with Crippen LogP contribution in [0, 0.1) is 19.7 Å². The van der Waals surface area contributed by atoms with Crippen molar-refractivity contribution in [3.05, 3.63) is 82.1 Å². The summed E-state index contributed by atoms with van der Waals surface area (Å²) >= 11 is 0. The van der Waals surface area contributed by atoms with Crippen LogP contribution in [0.5, 0.6) is 5.75 Å². The summed E-state index contributed by atoms with van der Waals surface area (Å²) in [6, 6.07) is 9.48. The Morgan fingerprint density at radius 1 is 1.11 bits per heavy atom. The average molecular weight is 531 g/mol. The maximum atomic E-state index is 15.2. The molecule has 6 nitrogen and oxygen atoms in total. The van der Waals surface area contributed by atoms with Crippen molar-refractivity contribution in [3.8, 4) is 16.9 Å². The van der Waals surface area contributed by atoms with E-state index in [4.69, 9.17) is 19.6 Å². The van der Waals surface area contributed by atoms with E-state index < -0.39 is 23.5 Å². The summed E-state index contributed by atoms with van der Waals surface area (Å²) in [7, 11) is 0. The van der Waals surface area contributed by atoms with E-state index >= 15 is 4.39 Å². The largest absolute Gasteiger partial charge is 0.489 e. The van der Waals surface area contributed by atoms with Crippen LogP contribution in [0.3, 0.4) is 0 Å². The molecule has 2 heterocycles. The van der Waals surface area contributed by atoms with Crippen LogP contribution in [0.15, 0.2) is 47.0 Å². The second kappa shape index (κ2) is 10.8. The van der Waals surface area contributed by atoms with Crippen LogP contribution < -0.4 is 10.5 Å². The van der Waals surface area contributed by atoms with E-state index in [2.05, 4.69) is 4.98 Å². The van der Waals surface area contributed by atoms with Crippen LogP contribution in [-0.4, -0.2) is 17.6 Å². The van der Waals surface area contributed by atoms with Gasteiger partial charge in [0.1, 0.15) is 29.3 Å². The lowest BCUT2D eigenvalue weighted by molar-refractivity contribution is -0.142. The Bertz CT molecular complexity index is 1490. The minimum Gasteiger partial charge on any atom is -0.489 e. The summed E-state index contributed by atoms with van der Waals surface area (Å²) < 4.78 is 73.7. The van der Waals surface area contributed by atoms with Crippen molar-refractivity contribution in [3.63, 3.8) is 0 Å². The highest BCUT2D eigenvalue weighted by Crippen LogP contribution is 2.43. The summed E-state index contributed by atoms with van der Waals surface area (Å²) in [4.78, 5) is 16.0. The first-order chi connectivity index (χ1) is 18.0. The van der Waals surface area contributed by atoms with Gasteiger partial charge in [0.05, 0.1) is 18.7 Å². The monoisotopic (exact) mass is 530 g/mol. The zero-order chi connectivity index (χ0) is 27.6. The molecule has 0 fully saturated rings. The van der Waals surface area contributed by atoms with Crippen molar-refractivity contribution in [1.82, 2.24) is 4.98 Å². The first-order valence-corrected chi connectivity index (χ1v) is 11.9. The first-order valence-electron chi connectivity index (χ1n) is 11.9. The van der Waals surface area contributed by atoms with Crippen LogP contribution >= 0.6 is 0 Å². The minimum atomic E-state index is -4.70. The quantitative estimate of drug-likeness (QED) is 0.209. The van der Waals surface area contributed by atoms with Crippen LogP contribution in [0.4, 0.5) is 17.6 Å². The number of aryl methyl sites for hydroxylation is 2. The fourth-order valence-corrected chi connectivity index (χ4v) is 4.32. The Morgan fingerprint density at radius 2 is 1.87 bits per heavy atom. The van der Waals surface area contributed by atoms with E-state index in [1.54, 1.807) is 19.1 Å². The van der Waals surface area contributed by atoms with E-state index in [1.807, 2.05) is 13.0 Å². The highest BCUT2D eigenvalue weighted by Gasteiger charge is 2.38. The Hall–Kier alpha value is -3.92. The van der Waals surface area contributed by atoms with E-state index in [-0.39, 0.29) is 59.7 Å². The molecule has 0 saturated heterocycles. The number of halogens is 4. The number of aromatic nitrogens is 1. The number of alkyl halides is 3. The Labute approximate surface area is 216 Å². The number of nitrogens with two attached hydrogens (primary N) is 1. The highest BCUT2D eigenvalue weighted by molar-refractivity contribution is 5.96. The summed E-state index contributed by atoms with van der Waals surface area (Å²) in [5, 5.41) is -0.215. The third-order valence-electron chi connectivity index (χ3n) is 6.01. The lowest BCUT2D eigenvalue weighted by atomic mass is 9.98. The molecule has 0 spiro atoms. The second-order valence-electron chi connectivity index (χ2n) is 8.76. The Morgan fingerprint density at radius 3 is 2.55 bits per heavy atom. The summed E-state index contributed by atoms with van der Waals surface area (Å²) in [6.45, 7) is 4.65. The van der Waals surface area contributed by atoms with Gasteiger partial charge in [-0.15, -0.1) is 0 Å². The van der Waals surface area contributed by atoms with Gasteiger partial charge in [-0.3, -0.25) is 9.78 Å². The second-order valence-corrected chi connectivity index (χ2v) is 8.76. The molecule has 0 saturated carbocycles. The lowest BCUT2D eigenvalue weighted by Crippen LogP contribution is -2.09. The molecule has 10 heteroatoms. The number of ether oxygens (including phenoxy) is 2. The van der Waals surface area contributed by atoms with Gasteiger partial charge in [0, 0.05) is 34.8 Å². The maximum Gasteiger partial charge on any atom is 0.420 e. The fraction of sp³-hybridized carbons (Fsp3) is 0.286. The standard InChI is InChI=1S/C28H26F4N2O4/c1-4-36-24(35)12-18-6-5-15(2)9-23(18)37-14-17-10-20(19-7-8-34-22(13-33)26(19)29)27-21(11-17)25(16(3)38-27)28(30,31)32/h5-11H,4,12-14,33H2,1-3H3. The molecule has 2 aromatic heterocycles. The fourth-order valence-electron chi connectivity index (χ4n) is 4.32. The summed E-state index contributed by atoms with van der Waals surface area (Å²) in [6.07, 6.45) is -3.39. The number of carbonyl (C=O) groups excluding carboxylic acids is 1. The first kappa shape index (κ1) is 27.1. The van der Waals surface area contributed by atoms with E-state index in [1.165, 1.54) is 31.3 Å². The van der Waals surface area contributed by atoms with E-state index in [0.29, 0.717) is 16.9 Å². The molecule has 0 amide bonds. The van der Waals surface area contributed by atoms with Gasteiger partial charge in [0.2, 0.25) is 0 Å². The summed E-state index contributed by atoms with van der Waals surface area (Å²) in [5.74, 6) is -1.12. The van der Waals surface area contributed by atoms with Crippen molar-refractivity contribution >= 4 is 16.9 Å². The number of carbonyl (C=O) groups is 1. The Kier molecular flexibility index (Phi) is 7.73. The van der Waals surface area contributed by atoms with Crippen molar-refractivity contribution < 1.29 is 36.2 Å². The zero-order valence-corrected chi connectivity index (χ0v) is 21.0. The number of furan rings is 1. The number of hydrogen-bond acceptors (Lipinski definition) is 6. The molecule has 2 aromatic carbocycles. The maximum absolute atomic E-state index is 15.2. The number of rotatable bonds is 8. The van der Waals surface area contributed by atoms with Gasteiger partial charge in [-0.1, -0.05) is 12.1 Å². The molecule has 4 aromatic rings. The molecule has 0 atom stereocenters. The van der Waals surface area contributed by atoms with Crippen molar-refractivity contribution in [2.45, 2.75) is 46.5 Å². The van der Waals surface area contributed by atoms with Gasteiger partial charge in [-0.2, -0.15) is 13.2 Å². The molecule has 2 N–H and O–H groups in total. The normalized spacial score (nSPS) is 11.7. The third kappa shape index (κ3) is 5.50. The topological polar surface area (TPSA) is 87.6 Å². The van der Waals surface area contributed by atoms with Gasteiger partial charge in [0.15, 0.2) is 5.82 Å². The summed E-state index contributed by atoms with van der Waals surface area (Å²) in [5.41, 5.74) is 6.41. The number of pyridine rings is 1. The SMILES string of the molecule is CCOC(=O)Cc1ccc(C)cc1OCc1cc(-c2ccnc(CN)c2F)c2oc(C)c(C(F)(F)F)c2c1. The molecule has 0 radical (unpaired) electrons. The molecule has 38 heavy (non-hydrogen) atoms. The van der Waals surface area contributed by atoms with Crippen LogP contribution in [0.25, 0.3) is 22.1 Å². The Balaban J connectivity index is 1.82. The van der Waals surface area contributed by atoms with Crippen LogP contribution in [0.1, 0.15) is 40.6 Å². The lowest BCUT2D eigenvalue weighted by Gasteiger charge is -2.14. The minimum absolute atomic E-state index is 0.00771. The molecule has 0 unspecified atom stereocenters. The van der Waals surface area contributed by atoms with E-state index in [9.17, 15) is 18.0 Å². The third-order valence-corrected chi connectivity index (χ3v) is 6.01. The molecule has 0 aliphatic rings. The predicted molar refractivity (Wildman–Crippen MR) is 133 cm³/mol. The van der Waals surface area contributed by atoms with Gasteiger partial charge < -0.3 is 19.6 Å². The molecule has 4 rings (SSSR count). The molecular weight excluding hydrogens is 504 g/mol. The number of nitrogens with zero attached hydrogens (tertiary/aromatic N) is 1. The van der Waals surface area contributed by atoms with Crippen molar-refractivity contribution in [2.24, 2.45) is 5.73 Å². The van der Waals surface area contributed by atoms with Gasteiger partial charge in [-0.25, -0.2) is 4.39 Å². The number of fused-ring (bicyclic) bond motifs is 1. The average Bonchev–Trinajstić information content (AvgIpc) is 3.20. The predicted octanol–water partition coefficient (Wildman–Crippen LogP) is 6.41. The number of hydrogen-bond donors (Lipinski definition) is 1. The van der Waals surface area contributed by atoms with Crippen LogP contribution in [0.2, 0.25) is 0 Å². The smallest absolute Gasteiger partial charge is 0.420 e. The van der Waals surface area contributed by atoms with Crippen molar-refractivity contribution in [1.29, 1.82) is 0 Å². The van der Waals surface area contributed by atoms with E-state index in [0.717, 1.165) is 5.56 Å². The molecule has 0 aliphatic carbocycles. The zero-order valence-electron chi connectivity index (χ0n) is 21.0. The molecule has 0 bridgehead atoms. The number of esters is 1. The van der Waals surface area contributed by atoms with Gasteiger partial charge in [-0.05, 0) is 56.2 Å². The van der Waals surface area contributed by atoms with Crippen molar-refractivity contribution in [2.75, 3.05) is 6.61 Å². The molecule has 0 aliphatic heterocycles. The number of benzene rings is 2. The molecule has 200 valence electrons. The van der Waals surface area contributed by atoms with Crippen LogP contribution in [-0.2, 0) is 35.3 Å². The van der Waals surface area contributed by atoms with Gasteiger partial charge >= 0.3 is 12.1 Å². The van der Waals surface area contributed by atoms with Gasteiger partial charge in [0.25, 0.3) is 0 Å². The highest BCUT2D eigenvalue weighted by atomic mass is 19.4.